The summed E-state index contributed by atoms with van der Waals surface area (Å²) in [5.41, 5.74) is 0.295. The lowest BCUT2D eigenvalue weighted by Crippen LogP contribution is -2.06. The van der Waals surface area contributed by atoms with E-state index in [4.69, 9.17) is 10.2 Å². The molecule has 0 aromatic heterocycles. The van der Waals surface area contributed by atoms with Gasteiger partial charge in [-0.1, -0.05) is 77.2 Å². The summed E-state index contributed by atoms with van der Waals surface area (Å²) < 4.78 is 0. The van der Waals surface area contributed by atoms with E-state index in [0.717, 1.165) is 70.6 Å². The molecule has 158 valence electrons. The maximum Gasteiger partial charge on any atom is 0.330 e. The number of unbranched alkanes of at least 4 members (excludes halogenated alkanes) is 11. The lowest BCUT2D eigenvalue weighted by atomic mass is 10.0. The summed E-state index contributed by atoms with van der Waals surface area (Å²) in [6.07, 6.45) is 16.3. The number of rotatable bonds is 20. The minimum Gasteiger partial charge on any atom is -0.481 e. The van der Waals surface area contributed by atoms with Gasteiger partial charge < -0.3 is 15.3 Å². The number of aliphatic hydroxyl groups is 1. The van der Waals surface area contributed by atoms with E-state index in [0.29, 0.717) is 18.4 Å². The third kappa shape index (κ3) is 19.2. The highest BCUT2D eigenvalue weighted by molar-refractivity contribution is 5.85. The number of hydrogen-bond acceptors (Lipinski definition) is 3. The van der Waals surface area contributed by atoms with Gasteiger partial charge in [0.2, 0.25) is 0 Å². The molecule has 1 atom stereocenters. The van der Waals surface area contributed by atoms with Crippen LogP contribution in [0.15, 0.2) is 12.2 Å². The Morgan fingerprint density at radius 3 is 1.41 bits per heavy atom. The van der Waals surface area contributed by atoms with Crippen LogP contribution in [-0.4, -0.2) is 33.4 Å². The summed E-state index contributed by atoms with van der Waals surface area (Å²) in [4.78, 5) is 21.0. The van der Waals surface area contributed by atoms with Crippen LogP contribution in [0.25, 0.3) is 0 Å². The Kier molecular flexibility index (Phi) is 17.1. The van der Waals surface area contributed by atoms with Crippen molar-refractivity contribution in [2.75, 3.05) is 0 Å². The van der Waals surface area contributed by atoms with Crippen molar-refractivity contribution in [3.63, 3.8) is 0 Å². The molecule has 0 rings (SSSR count). The summed E-state index contributed by atoms with van der Waals surface area (Å²) in [6.45, 7) is 3.53. The molecule has 0 aromatic carbocycles. The van der Waals surface area contributed by atoms with Crippen LogP contribution < -0.4 is 0 Å². The van der Waals surface area contributed by atoms with E-state index >= 15 is 0 Å². The normalized spacial score (nSPS) is 12.0. The van der Waals surface area contributed by atoms with Crippen LogP contribution in [0.3, 0.4) is 0 Å². The number of carboxylic acid groups (broad SMARTS) is 2. The van der Waals surface area contributed by atoms with Gasteiger partial charge >= 0.3 is 11.9 Å². The van der Waals surface area contributed by atoms with Crippen LogP contribution >= 0.6 is 0 Å². The van der Waals surface area contributed by atoms with E-state index in [1.807, 2.05) is 0 Å². The van der Waals surface area contributed by atoms with Gasteiger partial charge in [0.1, 0.15) is 0 Å². The quantitative estimate of drug-likeness (QED) is 0.185. The topological polar surface area (TPSA) is 94.8 Å². The van der Waals surface area contributed by atoms with Crippen LogP contribution in [0.2, 0.25) is 0 Å². The first kappa shape index (κ1) is 25.6. The van der Waals surface area contributed by atoms with E-state index in [-0.39, 0.29) is 6.10 Å². The fourth-order valence-corrected chi connectivity index (χ4v) is 3.22. The first-order valence-corrected chi connectivity index (χ1v) is 10.7. The highest BCUT2D eigenvalue weighted by Crippen LogP contribution is 2.15. The minimum absolute atomic E-state index is 0.187. The smallest absolute Gasteiger partial charge is 0.330 e. The van der Waals surface area contributed by atoms with Crippen molar-refractivity contribution < 1.29 is 24.9 Å². The van der Waals surface area contributed by atoms with Crippen LogP contribution in [0.1, 0.15) is 109 Å². The molecule has 5 heteroatoms. The highest BCUT2D eigenvalue weighted by atomic mass is 16.4. The third-order valence-corrected chi connectivity index (χ3v) is 5.00. The van der Waals surface area contributed by atoms with Gasteiger partial charge in [0, 0.05) is 12.0 Å². The van der Waals surface area contributed by atoms with Crippen LogP contribution in [-0.2, 0) is 9.59 Å². The Morgan fingerprint density at radius 2 is 1.00 bits per heavy atom. The molecule has 0 aliphatic heterocycles. The predicted molar refractivity (Wildman–Crippen MR) is 109 cm³/mol. The maximum absolute atomic E-state index is 10.6. The highest BCUT2D eigenvalue weighted by Gasteiger charge is 2.05. The van der Waals surface area contributed by atoms with Gasteiger partial charge in [-0.3, -0.25) is 4.79 Å². The minimum atomic E-state index is -0.895. The van der Waals surface area contributed by atoms with E-state index in [1.165, 1.54) is 25.7 Å². The lowest BCUT2D eigenvalue weighted by Gasteiger charge is -2.10. The summed E-state index contributed by atoms with van der Waals surface area (Å²) in [5, 5.41) is 27.3. The largest absolute Gasteiger partial charge is 0.481 e. The number of aliphatic carboxylic acids is 2. The maximum atomic E-state index is 10.6. The molecule has 0 aliphatic rings. The Bertz CT molecular complexity index is 406. The van der Waals surface area contributed by atoms with E-state index in [9.17, 15) is 14.7 Å². The zero-order valence-electron chi connectivity index (χ0n) is 17.0. The molecule has 0 aromatic rings. The first-order valence-electron chi connectivity index (χ1n) is 10.7. The molecule has 1 unspecified atom stereocenters. The molecule has 5 nitrogen and oxygen atoms in total. The number of carbonyl (C=O) groups is 2. The third-order valence-electron chi connectivity index (χ3n) is 5.00. The van der Waals surface area contributed by atoms with Crippen molar-refractivity contribution in [3.8, 4) is 0 Å². The average Bonchev–Trinajstić information content (AvgIpc) is 2.61. The molecule has 0 heterocycles. The van der Waals surface area contributed by atoms with E-state index in [2.05, 4.69) is 6.58 Å². The van der Waals surface area contributed by atoms with Crippen molar-refractivity contribution >= 4 is 11.9 Å². The zero-order valence-corrected chi connectivity index (χ0v) is 17.0. The molecule has 0 saturated heterocycles. The van der Waals surface area contributed by atoms with Crippen LogP contribution in [0.5, 0.6) is 0 Å². The fraction of sp³-hybridized carbons (Fsp3) is 0.818. The molecule has 0 radical (unpaired) electrons. The van der Waals surface area contributed by atoms with Gasteiger partial charge in [0.25, 0.3) is 0 Å². The number of aliphatic hydroxyl groups excluding tert-OH is 1. The fourth-order valence-electron chi connectivity index (χ4n) is 3.22. The molecule has 0 bridgehead atoms. The number of carboxylic acids is 2. The van der Waals surface area contributed by atoms with Crippen LogP contribution in [0, 0.1) is 0 Å². The first-order chi connectivity index (χ1) is 12.9. The second kappa shape index (κ2) is 18.0. The second-order valence-corrected chi connectivity index (χ2v) is 7.63. The molecule has 0 spiro atoms. The van der Waals surface area contributed by atoms with Crippen LogP contribution in [0.4, 0.5) is 0 Å². The zero-order chi connectivity index (χ0) is 20.3. The molecular weight excluding hydrogens is 344 g/mol. The number of hydrogen-bond donors (Lipinski definition) is 3. The van der Waals surface area contributed by atoms with Gasteiger partial charge in [-0.15, -0.1) is 0 Å². The molecule has 0 saturated carbocycles. The molecule has 0 aliphatic carbocycles. The van der Waals surface area contributed by atoms with Gasteiger partial charge in [0.05, 0.1) is 6.10 Å². The van der Waals surface area contributed by atoms with E-state index in [1.54, 1.807) is 0 Å². The van der Waals surface area contributed by atoms with Crippen molar-refractivity contribution in [1.82, 2.24) is 0 Å². The molecule has 27 heavy (non-hydrogen) atoms. The van der Waals surface area contributed by atoms with Crippen molar-refractivity contribution in [2.24, 2.45) is 0 Å². The Hall–Kier alpha value is -1.36. The summed E-state index contributed by atoms with van der Waals surface area (Å²) in [6, 6.07) is 0. The summed E-state index contributed by atoms with van der Waals surface area (Å²) in [7, 11) is 0. The van der Waals surface area contributed by atoms with Gasteiger partial charge in [-0.25, -0.2) is 4.79 Å². The van der Waals surface area contributed by atoms with Gasteiger partial charge in [-0.05, 0) is 32.1 Å². The summed E-state index contributed by atoms with van der Waals surface area (Å²) in [5.74, 6) is -1.59. The standard InChI is InChI=1S/C22H40O5/c1-19(22(26)27)15-11-7-6-9-13-17-20(23)16-12-8-4-2-3-5-10-14-18-21(24)25/h20,23H,1-18H2,(H,24,25)(H,26,27). The van der Waals surface area contributed by atoms with Crippen molar-refractivity contribution in [3.05, 3.63) is 12.2 Å². The SMILES string of the molecule is C=C(CCCCCCCC(O)CCCCCCCCCCC(=O)O)C(=O)O. The second-order valence-electron chi connectivity index (χ2n) is 7.63. The molecule has 0 amide bonds. The van der Waals surface area contributed by atoms with Gasteiger partial charge in [-0.2, -0.15) is 0 Å². The van der Waals surface area contributed by atoms with E-state index < -0.39 is 11.9 Å². The Balaban J connectivity index is 3.26. The average molecular weight is 385 g/mol. The van der Waals surface area contributed by atoms with Crippen molar-refractivity contribution in [1.29, 1.82) is 0 Å². The predicted octanol–water partition coefficient (Wildman–Crippen LogP) is 5.70. The van der Waals surface area contributed by atoms with Gasteiger partial charge in [0.15, 0.2) is 0 Å². The monoisotopic (exact) mass is 384 g/mol. The molecular formula is C22H40O5. The molecule has 3 N–H and O–H groups in total. The van der Waals surface area contributed by atoms with Crippen molar-refractivity contribution in [2.45, 2.75) is 115 Å². The Labute approximate surface area is 164 Å². The Morgan fingerprint density at radius 1 is 0.630 bits per heavy atom. The summed E-state index contributed by atoms with van der Waals surface area (Å²) >= 11 is 0. The lowest BCUT2D eigenvalue weighted by molar-refractivity contribution is -0.137. The molecule has 0 fully saturated rings.